The number of fused-ring (bicyclic) bond motifs is 1. The van der Waals surface area contributed by atoms with Crippen molar-refractivity contribution in [3.63, 3.8) is 0 Å². The van der Waals surface area contributed by atoms with Gasteiger partial charge in [0.2, 0.25) is 0 Å². The van der Waals surface area contributed by atoms with Gasteiger partial charge in [0.15, 0.2) is 5.82 Å². The van der Waals surface area contributed by atoms with E-state index in [1.165, 1.54) is 6.26 Å². The molecule has 0 aliphatic carbocycles. The zero-order valence-corrected chi connectivity index (χ0v) is 10.1. The number of aromatic nitrogens is 3. The molecule has 0 fully saturated rings. The number of H-pyrrole nitrogens is 1. The predicted octanol–water partition coefficient (Wildman–Crippen LogP) is 3.29. The summed E-state index contributed by atoms with van der Waals surface area (Å²) in [6.07, 6.45) is 1.53. The van der Waals surface area contributed by atoms with E-state index in [0.29, 0.717) is 5.69 Å². The van der Waals surface area contributed by atoms with E-state index in [-0.39, 0.29) is 0 Å². The molecular weight excluding hydrogens is 270 g/mol. The number of nitrogens with one attached hydrogen (secondary N) is 1. The van der Waals surface area contributed by atoms with Gasteiger partial charge in [0, 0.05) is 10.5 Å². The van der Waals surface area contributed by atoms with Gasteiger partial charge in [-0.1, -0.05) is 21.1 Å². The van der Waals surface area contributed by atoms with E-state index >= 15 is 0 Å². The molecule has 0 spiro atoms. The Balaban J connectivity index is 2.27. The first-order valence-corrected chi connectivity index (χ1v) is 5.60. The molecule has 3 rings (SSSR count). The van der Waals surface area contributed by atoms with Crippen LogP contribution in [0.25, 0.3) is 22.6 Å². The highest BCUT2D eigenvalue weighted by Gasteiger charge is 2.09. The van der Waals surface area contributed by atoms with Crippen LogP contribution in [0.15, 0.2) is 33.5 Å². The Morgan fingerprint density at radius 2 is 2.25 bits per heavy atom. The molecule has 16 heavy (non-hydrogen) atoms. The fourth-order valence-electron chi connectivity index (χ4n) is 1.70. The number of nitrogens with zero attached hydrogens (tertiary/aromatic N) is 2. The van der Waals surface area contributed by atoms with Crippen LogP contribution in [0, 0.1) is 6.92 Å². The van der Waals surface area contributed by atoms with Gasteiger partial charge in [-0.05, 0) is 24.6 Å². The predicted molar refractivity (Wildman–Crippen MR) is 64.0 cm³/mol. The van der Waals surface area contributed by atoms with Gasteiger partial charge in [0.1, 0.15) is 12.0 Å². The standard InChI is InChI=1S/C11H8BrN3O/c1-6-4-7(12)5-9-10(6)14-11(13-9)8-2-3-16-15-8/h2-5H,1H3,(H,13,14). The monoisotopic (exact) mass is 277 g/mol. The maximum atomic E-state index is 4.80. The Labute approximate surface area is 99.8 Å². The summed E-state index contributed by atoms with van der Waals surface area (Å²) in [5.41, 5.74) is 3.79. The molecule has 0 bridgehead atoms. The average Bonchev–Trinajstić information content (AvgIpc) is 2.82. The highest BCUT2D eigenvalue weighted by atomic mass is 79.9. The molecule has 2 aromatic heterocycles. The van der Waals surface area contributed by atoms with Gasteiger partial charge in [-0.2, -0.15) is 0 Å². The Hall–Kier alpha value is -1.62. The Kier molecular flexibility index (Phi) is 2.07. The molecule has 0 radical (unpaired) electrons. The molecule has 4 nitrogen and oxygen atoms in total. The molecule has 0 amide bonds. The molecule has 0 unspecified atom stereocenters. The first-order chi connectivity index (χ1) is 7.74. The first-order valence-electron chi connectivity index (χ1n) is 4.80. The fraction of sp³-hybridized carbons (Fsp3) is 0.0909. The number of rotatable bonds is 1. The van der Waals surface area contributed by atoms with Crippen LogP contribution >= 0.6 is 15.9 Å². The summed E-state index contributed by atoms with van der Waals surface area (Å²) in [5.74, 6) is 0.727. The van der Waals surface area contributed by atoms with Crippen molar-refractivity contribution in [1.29, 1.82) is 0 Å². The third kappa shape index (κ3) is 1.44. The van der Waals surface area contributed by atoms with E-state index in [1.807, 2.05) is 19.1 Å². The third-order valence-corrected chi connectivity index (χ3v) is 2.88. The van der Waals surface area contributed by atoms with Gasteiger partial charge >= 0.3 is 0 Å². The van der Waals surface area contributed by atoms with E-state index in [0.717, 1.165) is 26.9 Å². The van der Waals surface area contributed by atoms with Crippen LogP contribution in [0.5, 0.6) is 0 Å². The second-order valence-electron chi connectivity index (χ2n) is 3.59. The SMILES string of the molecule is Cc1cc(Br)cc2[nH]c(-c3ccon3)nc12. The minimum atomic E-state index is 0.715. The minimum Gasteiger partial charge on any atom is -0.364 e. The van der Waals surface area contributed by atoms with Gasteiger partial charge in [-0.25, -0.2) is 4.98 Å². The van der Waals surface area contributed by atoms with Crippen LogP contribution in [-0.4, -0.2) is 15.1 Å². The van der Waals surface area contributed by atoms with Gasteiger partial charge in [-0.3, -0.25) is 0 Å². The van der Waals surface area contributed by atoms with Crippen molar-refractivity contribution in [2.75, 3.05) is 0 Å². The highest BCUT2D eigenvalue weighted by Crippen LogP contribution is 2.25. The number of imidazole rings is 1. The highest BCUT2D eigenvalue weighted by molar-refractivity contribution is 9.10. The lowest BCUT2D eigenvalue weighted by molar-refractivity contribution is 0.422. The second kappa shape index (κ2) is 3.45. The van der Waals surface area contributed by atoms with Crippen molar-refractivity contribution < 1.29 is 4.52 Å². The summed E-state index contributed by atoms with van der Waals surface area (Å²) in [7, 11) is 0. The van der Waals surface area contributed by atoms with E-state index in [2.05, 4.69) is 31.1 Å². The number of hydrogen-bond donors (Lipinski definition) is 1. The fourth-order valence-corrected chi connectivity index (χ4v) is 2.27. The third-order valence-electron chi connectivity index (χ3n) is 2.42. The summed E-state index contributed by atoms with van der Waals surface area (Å²) < 4.78 is 5.83. The Morgan fingerprint density at radius 1 is 1.38 bits per heavy atom. The molecule has 0 saturated carbocycles. The molecule has 5 heteroatoms. The van der Waals surface area contributed by atoms with Crippen molar-refractivity contribution in [1.82, 2.24) is 15.1 Å². The van der Waals surface area contributed by atoms with Crippen molar-refractivity contribution in [2.45, 2.75) is 6.92 Å². The molecule has 80 valence electrons. The first kappa shape index (κ1) is 9.59. The van der Waals surface area contributed by atoms with Crippen molar-refractivity contribution in [2.24, 2.45) is 0 Å². The van der Waals surface area contributed by atoms with E-state index in [4.69, 9.17) is 4.52 Å². The maximum Gasteiger partial charge on any atom is 0.160 e. The Morgan fingerprint density at radius 3 is 3.00 bits per heavy atom. The summed E-state index contributed by atoms with van der Waals surface area (Å²) in [6.45, 7) is 2.03. The van der Waals surface area contributed by atoms with E-state index in [1.54, 1.807) is 6.07 Å². The van der Waals surface area contributed by atoms with Crippen LogP contribution < -0.4 is 0 Å². The number of hydrogen-bond acceptors (Lipinski definition) is 3. The van der Waals surface area contributed by atoms with Crippen molar-refractivity contribution >= 4 is 27.0 Å². The van der Waals surface area contributed by atoms with Crippen molar-refractivity contribution in [3.8, 4) is 11.5 Å². The maximum absolute atomic E-state index is 4.80. The van der Waals surface area contributed by atoms with Gasteiger partial charge in [0.05, 0.1) is 11.0 Å². The minimum absolute atomic E-state index is 0.715. The number of benzene rings is 1. The van der Waals surface area contributed by atoms with Crippen LogP contribution in [0.4, 0.5) is 0 Å². The summed E-state index contributed by atoms with van der Waals surface area (Å²) in [5, 5.41) is 3.85. The largest absolute Gasteiger partial charge is 0.364 e. The molecular formula is C11H8BrN3O. The topological polar surface area (TPSA) is 54.7 Å². The molecule has 1 aromatic carbocycles. The molecule has 2 heterocycles. The Bertz CT molecular complexity index is 643. The van der Waals surface area contributed by atoms with Gasteiger partial charge in [-0.15, -0.1) is 0 Å². The zero-order chi connectivity index (χ0) is 11.1. The smallest absolute Gasteiger partial charge is 0.160 e. The van der Waals surface area contributed by atoms with Crippen molar-refractivity contribution in [3.05, 3.63) is 34.5 Å². The molecule has 0 aliphatic rings. The average molecular weight is 278 g/mol. The van der Waals surface area contributed by atoms with Crippen LogP contribution in [0.1, 0.15) is 5.56 Å². The van der Waals surface area contributed by atoms with Crippen LogP contribution in [0.2, 0.25) is 0 Å². The number of aryl methyl sites for hydroxylation is 1. The van der Waals surface area contributed by atoms with Gasteiger partial charge < -0.3 is 9.51 Å². The normalized spacial score (nSPS) is 11.1. The summed E-state index contributed by atoms with van der Waals surface area (Å²) in [6, 6.07) is 5.82. The number of aromatic amines is 1. The van der Waals surface area contributed by atoms with E-state index in [9.17, 15) is 0 Å². The van der Waals surface area contributed by atoms with Crippen LogP contribution in [-0.2, 0) is 0 Å². The second-order valence-corrected chi connectivity index (χ2v) is 4.50. The molecule has 3 aromatic rings. The number of halogens is 1. The quantitative estimate of drug-likeness (QED) is 0.743. The van der Waals surface area contributed by atoms with Crippen LogP contribution in [0.3, 0.4) is 0 Å². The van der Waals surface area contributed by atoms with E-state index < -0.39 is 0 Å². The van der Waals surface area contributed by atoms with Gasteiger partial charge in [0.25, 0.3) is 0 Å². The molecule has 0 aliphatic heterocycles. The molecule has 0 atom stereocenters. The lowest BCUT2D eigenvalue weighted by atomic mass is 10.2. The molecule has 0 saturated heterocycles. The molecule has 1 N–H and O–H groups in total. The zero-order valence-electron chi connectivity index (χ0n) is 8.49. The lowest BCUT2D eigenvalue weighted by Crippen LogP contribution is -1.78. The summed E-state index contributed by atoms with van der Waals surface area (Å²) >= 11 is 3.46. The summed E-state index contributed by atoms with van der Waals surface area (Å²) in [4.78, 5) is 7.71. The lowest BCUT2D eigenvalue weighted by Gasteiger charge is -1.94.